The smallest absolute Gasteiger partial charge is 0.227 e. The number of piperazine rings is 1. The lowest BCUT2D eigenvalue weighted by molar-refractivity contribution is 0.623. The zero-order valence-corrected chi connectivity index (χ0v) is 15.1. The molecule has 24 heavy (non-hydrogen) atoms. The lowest BCUT2D eigenvalue weighted by Crippen LogP contribution is -2.47. The first kappa shape index (κ1) is 16.6. The summed E-state index contributed by atoms with van der Waals surface area (Å²) in [5.74, 6) is 1.73. The molecular weight excluding hydrogens is 298 g/mol. The third-order valence-corrected chi connectivity index (χ3v) is 4.03. The fraction of sp³-hybridized carbons (Fsp3) is 0.474. The van der Waals surface area contributed by atoms with Gasteiger partial charge in [-0.1, -0.05) is 18.2 Å². The Bertz CT molecular complexity index is 670. The van der Waals surface area contributed by atoms with Crippen molar-refractivity contribution in [1.29, 1.82) is 0 Å². The summed E-state index contributed by atoms with van der Waals surface area (Å²) in [6.45, 7) is 12.3. The van der Waals surface area contributed by atoms with Crippen LogP contribution in [0, 0.1) is 6.92 Å². The number of anilines is 3. The number of hydrogen-bond acceptors (Lipinski definition) is 5. The number of aromatic nitrogens is 2. The van der Waals surface area contributed by atoms with Crippen LogP contribution in [0.25, 0.3) is 0 Å². The van der Waals surface area contributed by atoms with Gasteiger partial charge in [0.1, 0.15) is 5.82 Å². The van der Waals surface area contributed by atoms with Gasteiger partial charge in [0.05, 0.1) is 0 Å². The molecule has 5 heteroatoms. The van der Waals surface area contributed by atoms with Crippen LogP contribution < -0.4 is 15.1 Å². The summed E-state index contributed by atoms with van der Waals surface area (Å²) in [6.07, 6.45) is 0. The SMILES string of the molecule is Cc1cc(NC(C)(C)C)nc(N2CCN(c3ccccc3)CC2)n1. The van der Waals surface area contributed by atoms with Crippen LogP contribution in [0.4, 0.5) is 17.5 Å². The Kier molecular flexibility index (Phi) is 4.60. The molecule has 3 rings (SSSR count). The summed E-state index contributed by atoms with van der Waals surface area (Å²) in [7, 11) is 0. The third-order valence-electron chi connectivity index (χ3n) is 4.03. The topological polar surface area (TPSA) is 44.3 Å². The van der Waals surface area contributed by atoms with Crippen LogP contribution in [0.2, 0.25) is 0 Å². The molecule has 0 bridgehead atoms. The number of nitrogens with zero attached hydrogens (tertiary/aromatic N) is 4. The standard InChI is InChI=1S/C19H27N5/c1-15-14-17(22-19(2,3)4)21-18(20-15)24-12-10-23(11-13-24)16-8-6-5-7-9-16/h5-9,14H,10-13H2,1-4H3,(H,20,21,22). The highest BCUT2D eigenvalue weighted by atomic mass is 15.3. The van der Waals surface area contributed by atoms with E-state index in [1.165, 1.54) is 5.69 Å². The maximum Gasteiger partial charge on any atom is 0.227 e. The minimum absolute atomic E-state index is 0.00985. The van der Waals surface area contributed by atoms with Crippen LogP contribution in [0.5, 0.6) is 0 Å². The average Bonchev–Trinajstić information content (AvgIpc) is 2.54. The molecule has 1 fully saturated rings. The molecular formula is C19H27N5. The summed E-state index contributed by atoms with van der Waals surface area (Å²) in [6, 6.07) is 12.6. The van der Waals surface area contributed by atoms with Crippen molar-refractivity contribution < 1.29 is 0 Å². The molecule has 0 saturated carbocycles. The van der Waals surface area contributed by atoms with E-state index in [-0.39, 0.29) is 5.54 Å². The van der Waals surface area contributed by atoms with Gasteiger partial charge in [0, 0.05) is 49.2 Å². The highest BCUT2D eigenvalue weighted by Gasteiger charge is 2.20. The van der Waals surface area contributed by atoms with Gasteiger partial charge >= 0.3 is 0 Å². The quantitative estimate of drug-likeness (QED) is 0.938. The van der Waals surface area contributed by atoms with Gasteiger partial charge in [0.2, 0.25) is 5.95 Å². The van der Waals surface area contributed by atoms with E-state index in [1.807, 2.05) is 13.0 Å². The van der Waals surface area contributed by atoms with Crippen molar-refractivity contribution in [3.05, 3.63) is 42.1 Å². The molecule has 0 atom stereocenters. The molecule has 1 aromatic heterocycles. The first-order valence-corrected chi connectivity index (χ1v) is 8.59. The van der Waals surface area contributed by atoms with Gasteiger partial charge in [0.15, 0.2) is 0 Å². The van der Waals surface area contributed by atoms with Crippen molar-refractivity contribution in [2.45, 2.75) is 33.2 Å². The number of para-hydroxylation sites is 1. The summed E-state index contributed by atoms with van der Waals surface area (Å²) >= 11 is 0. The lowest BCUT2D eigenvalue weighted by atomic mass is 10.1. The first-order chi connectivity index (χ1) is 11.4. The summed E-state index contributed by atoms with van der Waals surface area (Å²) < 4.78 is 0. The second kappa shape index (κ2) is 6.67. The van der Waals surface area contributed by atoms with E-state index in [0.717, 1.165) is 43.6 Å². The highest BCUT2D eigenvalue weighted by Crippen LogP contribution is 2.20. The monoisotopic (exact) mass is 325 g/mol. The molecule has 1 aliphatic rings. The van der Waals surface area contributed by atoms with E-state index >= 15 is 0 Å². The molecule has 0 radical (unpaired) electrons. The van der Waals surface area contributed by atoms with Crippen LogP contribution in [-0.2, 0) is 0 Å². The number of rotatable bonds is 3. The molecule has 1 aliphatic heterocycles. The van der Waals surface area contributed by atoms with E-state index in [2.05, 4.69) is 71.2 Å². The molecule has 0 aliphatic carbocycles. The van der Waals surface area contributed by atoms with Crippen molar-refractivity contribution in [2.24, 2.45) is 0 Å². The molecule has 0 amide bonds. The van der Waals surface area contributed by atoms with E-state index in [4.69, 9.17) is 4.98 Å². The van der Waals surface area contributed by atoms with Gasteiger partial charge in [-0.3, -0.25) is 0 Å². The molecule has 0 spiro atoms. The number of aryl methyl sites for hydroxylation is 1. The van der Waals surface area contributed by atoms with Crippen molar-refractivity contribution in [3.63, 3.8) is 0 Å². The molecule has 1 saturated heterocycles. The Balaban J connectivity index is 1.70. The fourth-order valence-electron chi connectivity index (χ4n) is 2.95. The molecule has 5 nitrogen and oxygen atoms in total. The molecule has 2 aromatic rings. The van der Waals surface area contributed by atoms with Gasteiger partial charge in [0.25, 0.3) is 0 Å². The van der Waals surface area contributed by atoms with Crippen molar-refractivity contribution in [2.75, 3.05) is 41.3 Å². The zero-order chi connectivity index (χ0) is 17.2. The summed E-state index contributed by atoms with van der Waals surface area (Å²) in [5, 5.41) is 3.45. The van der Waals surface area contributed by atoms with Crippen molar-refractivity contribution in [3.8, 4) is 0 Å². The largest absolute Gasteiger partial charge is 0.368 e. The number of nitrogens with one attached hydrogen (secondary N) is 1. The fourth-order valence-corrected chi connectivity index (χ4v) is 2.95. The number of benzene rings is 1. The molecule has 128 valence electrons. The minimum atomic E-state index is -0.00985. The maximum atomic E-state index is 4.73. The predicted molar refractivity (Wildman–Crippen MR) is 101 cm³/mol. The van der Waals surface area contributed by atoms with Crippen LogP contribution in [0.15, 0.2) is 36.4 Å². The van der Waals surface area contributed by atoms with Crippen molar-refractivity contribution in [1.82, 2.24) is 9.97 Å². The van der Waals surface area contributed by atoms with Crippen molar-refractivity contribution >= 4 is 17.5 Å². The zero-order valence-electron chi connectivity index (χ0n) is 15.1. The second-order valence-corrected chi connectivity index (χ2v) is 7.38. The van der Waals surface area contributed by atoms with Crippen LogP contribution >= 0.6 is 0 Å². The Morgan fingerprint density at radius 2 is 1.54 bits per heavy atom. The van der Waals surface area contributed by atoms with E-state index in [1.54, 1.807) is 0 Å². The molecule has 1 aromatic carbocycles. The van der Waals surface area contributed by atoms with E-state index in [9.17, 15) is 0 Å². The van der Waals surface area contributed by atoms with Gasteiger partial charge < -0.3 is 15.1 Å². The molecule has 0 unspecified atom stereocenters. The second-order valence-electron chi connectivity index (χ2n) is 7.38. The number of hydrogen-bond donors (Lipinski definition) is 1. The Morgan fingerprint density at radius 1 is 0.917 bits per heavy atom. The van der Waals surface area contributed by atoms with Gasteiger partial charge in [-0.2, -0.15) is 4.98 Å². The van der Waals surface area contributed by atoms with Gasteiger partial charge in [-0.15, -0.1) is 0 Å². The minimum Gasteiger partial charge on any atom is -0.368 e. The lowest BCUT2D eigenvalue weighted by Gasteiger charge is -2.36. The Labute approximate surface area is 144 Å². The normalized spacial score (nSPS) is 15.5. The van der Waals surface area contributed by atoms with Crippen LogP contribution in [0.1, 0.15) is 26.5 Å². The Hall–Kier alpha value is -2.30. The predicted octanol–water partition coefficient (Wildman–Crippen LogP) is 3.32. The summed E-state index contributed by atoms with van der Waals surface area (Å²) in [5.41, 5.74) is 2.28. The molecule has 2 heterocycles. The van der Waals surface area contributed by atoms with E-state index < -0.39 is 0 Å². The van der Waals surface area contributed by atoms with Crippen LogP contribution in [-0.4, -0.2) is 41.7 Å². The maximum absolute atomic E-state index is 4.73. The van der Waals surface area contributed by atoms with Gasteiger partial charge in [-0.25, -0.2) is 4.98 Å². The van der Waals surface area contributed by atoms with Gasteiger partial charge in [-0.05, 0) is 39.8 Å². The summed E-state index contributed by atoms with van der Waals surface area (Å²) in [4.78, 5) is 14.1. The first-order valence-electron chi connectivity index (χ1n) is 8.59. The highest BCUT2D eigenvalue weighted by molar-refractivity contribution is 5.49. The average molecular weight is 325 g/mol. The van der Waals surface area contributed by atoms with Crippen LogP contribution in [0.3, 0.4) is 0 Å². The van der Waals surface area contributed by atoms with E-state index in [0.29, 0.717) is 0 Å². The molecule has 1 N–H and O–H groups in total. The Morgan fingerprint density at radius 3 is 2.17 bits per heavy atom. The third kappa shape index (κ3) is 4.16.